The smallest absolute Gasteiger partial charge is 0.324 e. The van der Waals surface area contributed by atoms with Gasteiger partial charge < -0.3 is 4.74 Å². The standard InChI is InChI=1S/C31H39NO2/c1-21-15-18-27(31(3,4)25-13-9-6-10-14-25)28(19-21)34-30(33)29-24-16-17-26(20-24)32(29)22(2)23-11-7-5-8-12-23/h5-14,16-17,21-22,24,26-29H,15,18-20H2,1-4H3/t21-,22-,24-,26+,27-,28+,29-/m1/s1. The first-order chi connectivity index (χ1) is 16.4. The second-order valence-electron chi connectivity index (χ2n) is 11.4. The lowest BCUT2D eigenvalue weighted by atomic mass is 9.64. The van der Waals surface area contributed by atoms with E-state index in [2.05, 4.69) is 105 Å². The largest absolute Gasteiger partial charge is 0.461 e. The summed E-state index contributed by atoms with van der Waals surface area (Å²) in [4.78, 5) is 16.3. The highest BCUT2D eigenvalue weighted by molar-refractivity contribution is 5.78. The van der Waals surface area contributed by atoms with Gasteiger partial charge in [-0.15, -0.1) is 0 Å². The molecule has 34 heavy (non-hydrogen) atoms. The maximum atomic E-state index is 13.9. The molecule has 3 aliphatic rings. The van der Waals surface area contributed by atoms with Crippen LogP contribution >= 0.6 is 0 Å². The number of carbonyl (C=O) groups is 1. The van der Waals surface area contributed by atoms with Gasteiger partial charge in [-0.3, -0.25) is 9.69 Å². The number of fused-ring (bicyclic) bond motifs is 2. The normalized spacial score (nSPS) is 32.0. The molecule has 1 saturated carbocycles. The summed E-state index contributed by atoms with van der Waals surface area (Å²) >= 11 is 0. The fourth-order valence-electron chi connectivity index (χ4n) is 6.90. The minimum absolute atomic E-state index is 0.0207. The number of likely N-dealkylation sites (tertiary alicyclic amines) is 1. The second-order valence-corrected chi connectivity index (χ2v) is 11.4. The van der Waals surface area contributed by atoms with Gasteiger partial charge >= 0.3 is 5.97 Å². The first-order valence-corrected chi connectivity index (χ1v) is 13.1. The maximum Gasteiger partial charge on any atom is 0.324 e. The van der Waals surface area contributed by atoms with E-state index in [1.807, 2.05) is 0 Å². The fourth-order valence-corrected chi connectivity index (χ4v) is 6.90. The van der Waals surface area contributed by atoms with Crippen molar-refractivity contribution in [1.82, 2.24) is 4.90 Å². The van der Waals surface area contributed by atoms with Gasteiger partial charge in [0.05, 0.1) is 0 Å². The van der Waals surface area contributed by atoms with Gasteiger partial charge in [0.15, 0.2) is 0 Å². The van der Waals surface area contributed by atoms with Crippen molar-refractivity contribution in [2.24, 2.45) is 17.8 Å². The molecule has 3 nitrogen and oxygen atoms in total. The third-order valence-corrected chi connectivity index (χ3v) is 8.94. The number of carbonyl (C=O) groups excluding carboxylic acids is 1. The van der Waals surface area contributed by atoms with Crippen LogP contribution in [0.3, 0.4) is 0 Å². The lowest BCUT2D eigenvalue weighted by Gasteiger charge is -2.45. The van der Waals surface area contributed by atoms with Crippen LogP contribution in [0.4, 0.5) is 0 Å². The maximum absolute atomic E-state index is 13.9. The quantitative estimate of drug-likeness (QED) is 0.357. The van der Waals surface area contributed by atoms with Gasteiger partial charge in [-0.2, -0.15) is 0 Å². The van der Waals surface area contributed by atoms with Gasteiger partial charge in [0.2, 0.25) is 0 Å². The summed E-state index contributed by atoms with van der Waals surface area (Å²) in [6, 6.07) is 21.6. The van der Waals surface area contributed by atoms with Gasteiger partial charge in [0, 0.05) is 23.9 Å². The molecule has 0 spiro atoms. The zero-order chi connectivity index (χ0) is 23.9. The van der Waals surface area contributed by atoms with Crippen molar-refractivity contribution in [2.45, 2.75) is 83.0 Å². The zero-order valence-corrected chi connectivity index (χ0v) is 21.1. The fraction of sp³-hybridized carbons (Fsp3) is 0.516. The monoisotopic (exact) mass is 457 g/mol. The predicted molar refractivity (Wildman–Crippen MR) is 137 cm³/mol. The van der Waals surface area contributed by atoms with E-state index in [1.165, 1.54) is 17.5 Å². The number of benzene rings is 2. The van der Waals surface area contributed by atoms with Crippen LogP contribution in [0.25, 0.3) is 0 Å². The predicted octanol–water partition coefficient (Wildman–Crippen LogP) is 6.70. The first-order valence-electron chi connectivity index (χ1n) is 13.1. The Morgan fingerprint density at radius 1 is 0.971 bits per heavy atom. The van der Waals surface area contributed by atoms with Crippen LogP contribution in [0, 0.1) is 17.8 Å². The molecule has 5 rings (SSSR count). The van der Waals surface area contributed by atoms with Crippen LogP contribution in [-0.4, -0.2) is 29.1 Å². The molecule has 180 valence electrons. The summed E-state index contributed by atoms with van der Waals surface area (Å²) in [6.07, 6.45) is 8.78. The molecule has 1 aliphatic heterocycles. The summed E-state index contributed by atoms with van der Waals surface area (Å²) in [7, 11) is 0. The van der Waals surface area contributed by atoms with Crippen LogP contribution in [0.1, 0.15) is 70.5 Å². The molecule has 2 aliphatic carbocycles. The Bertz CT molecular complexity index is 1010. The van der Waals surface area contributed by atoms with E-state index in [1.54, 1.807) is 0 Å². The van der Waals surface area contributed by atoms with Crippen LogP contribution < -0.4 is 0 Å². The van der Waals surface area contributed by atoms with Gasteiger partial charge in [-0.25, -0.2) is 0 Å². The Labute approximate surface area is 205 Å². The number of rotatable bonds is 6. The Balaban J connectivity index is 1.38. The second kappa shape index (κ2) is 9.34. The van der Waals surface area contributed by atoms with E-state index < -0.39 is 0 Å². The van der Waals surface area contributed by atoms with Gasteiger partial charge in [-0.05, 0) is 48.6 Å². The lowest BCUT2D eigenvalue weighted by molar-refractivity contribution is -0.164. The van der Waals surface area contributed by atoms with E-state index in [9.17, 15) is 4.79 Å². The van der Waals surface area contributed by atoms with E-state index >= 15 is 0 Å². The van der Waals surface area contributed by atoms with Crippen molar-refractivity contribution in [3.05, 3.63) is 83.9 Å². The van der Waals surface area contributed by atoms with E-state index in [0.717, 1.165) is 19.3 Å². The van der Waals surface area contributed by atoms with Crippen LogP contribution in [-0.2, 0) is 14.9 Å². The Hall–Kier alpha value is -2.39. The average Bonchev–Trinajstić information content (AvgIpc) is 3.46. The number of esters is 1. The molecule has 7 atom stereocenters. The molecule has 2 fully saturated rings. The Morgan fingerprint density at radius 2 is 1.65 bits per heavy atom. The van der Waals surface area contributed by atoms with Crippen molar-refractivity contribution in [3.63, 3.8) is 0 Å². The number of nitrogens with zero attached hydrogens (tertiary/aromatic N) is 1. The summed E-state index contributed by atoms with van der Waals surface area (Å²) in [5.41, 5.74) is 2.55. The molecule has 2 aromatic carbocycles. The Morgan fingerprint density at radius 3 is 2.35 bits per heavy atom. The lowest BCUT2D eigenvalue weighted by Crippen LogP contribution is -2.49. The number of ether oxygens (including phenoxy) is 1. The summed E-state index contributed by atoms with van der Waals surface area (Å²) in [5.74, 6) is 1.14. The van der Waals surface area contributed by atoms with Crippen molar-refractivity contribution < 1.29 is 9.53 Å². The SMILES string of the molecule is C[C@@H]1CC[C@@H](C(C)(C)c2ccccc2)[C@@H](OC(=O)[C@H]2[C@@H]3C=C[C@@H](C3)N2[C@H](C)c2ccccc2)C1. The Kier molecular flexibility index (Phi) is 6.41. The first kappa shape index (κ1) is 23.4. The van der Waals surface area contributed by atoms with Crippen molar-refractivity contribution >= 4 is 5.97 Å². The van der Waals surface area contributed by atoms with Crippen LogP contribution in [0.5, 0.6) is 0 Å². The summed E-state index contributed by atoms with van der Waals surface area (Å²) in [6.45, 7) is 9.19. The summed E-state index contributed by atoms with van der Waals surface area (Å²) < 4.78 is 6.52. The van der Waals surface area contributed by atoms with Crippen molar-refractivity contribution in [2.75, 3.05) is 0 Å². The average molecular weight is 458 g/mol. The van der Waals surface area contributed by atoms with Gasteiger partial charge in [0.1, 0.15) is 12.1 Å². The van der Waals surface area contributed by atoms with E-state index in [4.69, 9.17) is 4.74 Å². The molecule has 0 unspecified atom stereocenters. The van der Waals surface area contributed by atoms with E-state index in [0.29, 0.717) is 17.9 Å². The molecule has 3 heteroatoms. The minimum atomic E-state index is -0.192. The molecule has 0 amide bonds. The molecule has 1 saturated heterocycles. The molecule has 2 bridgehead atoms. The molecule has 0 aromatic heterocycles. The highest BCUT2D eigenvalue weighted by atomic mass is 16.5. The third kappa shape index (κ3) is 4.24. The molecule has 2 aromatic rings. The number of hydrogen-bond donors (Lipinski definition) is 0. The van der Waals surface area contributed by atoms with E-state index in [-0.39, 0.29) is 35.5 Å². The molecule has 1 heterocycles. The number of hydrogen-bond acceptors (Lipinski definition) is 3. The molecule has 0 radical (unpaired) electrons. The summed E-state index contributed by atoms with van der Waals surface area (Å²) in [5, 5.41) is 0. The topological polar surface area (TPSA) is 29.5 Å². The van der Waals surface area contributed by atoms with Gasteiger partial charge in [0.25, 0.3) is 0 Å². The van der Waals surface area contributed by atoms with Crippen LogP contribution in [0.2, 0.25) is 0 Å². The highest BCUT2D eigenvalue weighted by Gasteiger charge is 2.51. The van der Waals surface area contributed by atoms with Crippen molar-refractivity contribution in [1.29, 1.82) is 0 Å². The van der Waals surface area contributed by atoms with Gasteiger partial charge in [-0.1, -0.05) is 100 Å². The molecule has 0 N–H and O–H groups in total. The van der Waals surface area contributed by atoms with Crippen LogP contribution in [0.15, 0.2) is 72.8 Å². The zero-order valence-electron chi connectivity index (χ0n) is 21.1. The molecular formula is C31H39NO2. The minimum Gasteiger partial charge on any atom is -0.461 e. The highest BCUT2D eigenvalue weighted by Crippen LogP contribution is 2.46. The van der Waals surface area contributed by atoms with Crippen molar-refractivity contribution in [3.8, 4) is 0 Å². The third-order valence-electron chi connectivity index (χ3n) is 8.94. The molecular weight excluding hydrogens is 418 g/mol.